The van der Waals surface area contributed by atoms with Crippen molar-refractivity contribution in [1.29, 1.82) is 0 Å². The van der Waals surface area contributed by atoms with Crippen molar-refractivity contribution < 1.29 is 15.1 Å². The first-order chi connectivity index (χ1) is 5.11. The maximum absolute atomic E-state index is 10.6. The zero-order valence-electron chi connectivity index (χ0n) is 5.39. The van der Waals surface area contributed by atoms with E-state index in [1.54, 1.807) is 0 Å². The molecule has 5 nitrogen and oxygen atoms in total. The number of nitrogens with zero attached hydrogens (tertiary/aromatic N) is 1. The molecule has 0 spiro atoms. The van der Waals surface area contributed by atoms with Crippen LogP contribution in [-0.4, -0.2) is 21.0 Å². The second kappa shape index (κ2) is 2.45. The Morgan fingerprint density at radius 2 is 2.18 bits per heavy atom. The predicted molar refractivity (Wildman–Crippen MR) is 34.8 cm³/mol. The molecule has 11 heavy (non-hydrogen) atoms. The first kappa shape index (κ1) is 7.33. The highest BCUT2D eigenvalue weighted by Crippen LogP contribution is 1.91. The summed E-state index contributed by atoms with van der Waals surface area (Å²) in [6.07, 6.45) is 0.978. The summed E-state index contributed by atoms with van der Waals surface area (Å²) in [6.45, 7) is 0. The van der Waals surface area contributed by atoms with Crippen LogP contribution in [0.2, 0.25) is 0 Å². The highest BCUT2D eigenvalue weighted by Gasteiger charge is 2.06. The Balaban J connectivity index is 3.35. The van der Waals surface area contributed by atoms with Crippen molar-refractivity contribution >= 4 is 5.97 Å². The highest BCUT2D eigenvalue weighted by molar-refractivity contribution is 5.85. The van der Waals surface area contributed by atoms with E-state index in [9.17, 15) is 9.59 Å². The van der Waals surface area contributed by atoms with E-state index in [4.69, 9.17) is 10.3 Å². The van der Waals surface area contributed by atoms with Crippen molar-refractivity contribution in [3.8, 4) is 0 Å². The van der Waals surface area contributed by atoms with E-state index in [1.807, 2.05) is 0 Å². The topological polar surface area (TPSA) is 79.5 Å². The molecule has 5 heteroatoms. The summed E-state index contributed by atoms with van der Waals surface area (Å²) < 4.78 is 0.379. The van der Waals surface area contributed by atoms with Crippen molar-refractivity contribution in [3.63, 3.8) is 0 Å². The molecule has 0 radical (unpaired) electrons. The molecule has 0 aromatic carbocycles. The fraction of sp³-hybridized carbons (Fsp3) is 0. The quantitative estimate of drug-likeness (QED) is 0.549. The van der Waals surface area contributed by atoms with Gasteiger partial charge in [0, 0.05) is 18.3 Å². The number of carboxylic acids is 1. The van der Waals surface area contributed by atoms with E-state index in [-0.39, 0.29) is 0 Å². The van der Waals surface area contributed by atoms with Crippen LogP contribution < -0.4 is 5.43 Å². The number of pyridine rings is 1. The Kier molecular flexibility index (Phi) is 1.63. The van der Waals surface area contributed by atoms with Crippen molar-refractivity contribution in [2.75, 3.05) is 0 Å². The van der Waals surface area contributed by atoms with Crippen molar-refractivity contribution in [2.45, 2.75) is 0 Å². The third-order valence-electron chi connectivity index (χ3n) is 1.12. The lowest BCUT2D eigenvalue weighted by atomic mass is 10.3. The molecule has 0 aliphatic heterocycles. The lowest BCUT2D eigenvalue weighted by molar-refractivity contribution is 0.0640. The van der Waals surface area contributed by atoms with Crippen LogP contribution in [0.15, 0.2) is 23.1 Å². The summed E-state index contributed by atoms with van der Waals surface area (Å²) in [5.41, 5.74) is -0.898. The minimum Gasteiger partial charge on any atom is -0.476 e. The number of aromatic nitrogens is 1. The third-order valence-corrected chi connectivity index (χ3v) is 1.12. The number of hydrogen-bond donors (Lipinski definition) is 2. The van der Waals surface area contributed by atoms with Crippen LogP contribution in [0.3, 0.4) is 0 Å². The van der Waals surface area contributed by atoms with Gasteiger partial charge in [-0.15, -0.1) is 0 Å². The third kappa shape index (κ3) is 1.37. The molecule has 0 aliphatic carbocycles. The lowest BCUT2D eigenvalue weighted by Gasteiger charge is -1.98. The van der Waals surface area contributed by atoms with Crippen LogP contribution in [0.1, 0.15) is 10.5 Å². The van der Waals surface area contributed by atoms with Crippen LogP contribution in [-0.2, 0) is 0 Å². The number of aromatic carboxylic acids is 1. The van der Waals surface area contributed by atoms with Gasteiger partial charge in [-0.25, -0.2) is 4.79 Å². The maximum atomic E-state index is 10.6. The average Bonchev–Trinajstić information content (AvgIpc) is 1.94. The lowest BCUT2D eigenvalue weighted by Crippen LogP contribution is -2.13. The summed E-state index contributed by atoms with van der Waals surface area (Å²) in [5.74, 6) is -1.34. The Morgan fingerprint density at radius 1 is 1.55 bits per heavy atom. The van der Waals surface area contributed by atoms with Gasteiger partial charge < -0.3 is 10.3 Å². The van der Waals surface area contributed by atoms with Gasteiger partial charge in [0.25, 0.3) is 0 Å². The molecule has 0 bridgehead atoms. The minimum absolute atomic E-state index is 0.379. The van der Waals surface area contributed by atoms with Gasteiger partial charge in [0.2, 0.25) is 0 Å². The molecule has 58 valence electrons. The zero-order valence-corrected chi connectivity index (χ0v) is 5.39. The van der Waals surface area contributed by atoms with Crippen LogP contribution in [0.4, 0.5) is 0 Å². The molecule has 1 aromatic heterocycles. The minimum atomic E-state index is -1.34. The van der Waals surface area contributed by atoms with Crippen LogP contribution >= 0.6 is 0 Å². The second-order valence-corrected chi connectivity index (χ2v) is 1.90. The van der Waals surface area contributed by atoms with Gasteiger partial charge in [0.1, 0.15) is 0 Å². The molecule has 1 rings (SSSR count). The smallest absolute Gasteiger partial charge is 0.356 e. The van der Waals surface area contributed by atoms with Crippen LogP contribution in [0, 0.1) is 0 Å². The Hall–Kier alpha value is -1.78. The molecule has 2 N–H and O–H groups in total. The molecule has 1 aromatic rings. The van der Waals surface area contributed by atoms with Gasteiger partial charge in [0.15, 0.2) is 11.1 Å². The summed E-state index contributed by atoms with van der Waals surface area (Å²) in [5, 5.41) is 17.2. The summed E-state index contributed by atoms with van der Waals surface area (Å²) in [7, 11) is 0. The predicted octanol–water partition coefficient (Wildman–Crippen LogP) is -0.216. The van der Waals surface area contributed by atoms with E-state index in [1.165, 1.54) is 0 Å². The van der Waals surface area contributed by atoms with Gasteiger partial charge in [-0.2, -0.15) is 4.73 Å². The Labute approximate surface area is 61.1 Å². The molecule has 0 aliphatic rings. The zero-order chi connectivity index (χ0) is 8.43. The van der Waals surface area contributed by atoms with Crippen LogP contribution in [0.5, 0.6) is 0 Å². The first-order valence-corrected chi connectivity index (χ1v) is 2.76. The number of rotatable bonds is 1. The van der Waals surface area contributed by atoms with Gasteiger partial charge in [-0.1, -0.05) is 0 Å². The number of hydrogen-bond acceptors (Lipinski definition) is 3. The normalized spacial score (nSPS) is 9.45. The molecular formula is C6H5NO4. The highest BCUT2D eigenvalue weighted by atomic mass is 16.5. The molecule has 0 saturated carbocycles. The standard InChI is InChI=1S/C6H5NO4/c8-4-1-2-7(11)5(3-4)6(9)10/h1-3,11H,(H,9,10). The van der Waals surface area contributed by atoms with E-state index in [0.717, 1.165) is 18.3 Å². The van der Waals surface area contributed by atoms with Gasteiger partial charge in [-0.05, 0) is 0 Å². The van der Waals surface area contributed by atoms with Gasteiger partial charge in [-0.3, -0.25) is 4.79 Å². The van der Waals surface area contributed by atoms with E-state index in [0.29, 0.717) is 4.73 Å². The maximum Gasteiger partial charge on any atom is 0.356 e. The van der Waals surface area contributed by atoms with Gasteiger partial charge >= 0.3 is 5.97 Å². The Bertz CT molecular complexity index is 341. The first-order valence-electron chi connectivity index (χ1n) is 2.76. The number of carboxylic acid groups (broad SMARTS) is 1. The fourth-order valence-corrected chi connectivity index (χ4v) is 0.633. The fourth-order valence-electron chi connectivity index (χ4n) is 0.633. The molecule has 0 fully saturated rings. The Morgan fingerprint density at radius 3 is 2.64 bits per heavy atom. The van der Waals surface area contributed by atoms with Crippen molar-refractivity contribution in [1.82, 2.24) is 4.73 Å². The second-order valence-electron chi connectivity index (χ2n) is 1.90. The molecule has 1 heterocycles. The van der Waals surface area contributed by atoms with E-state index < -0.39 is 17.1 Å². The summed E-state index contributed by atoms with van der Waals surface area (Å²) in [6, 6.07) is 1.90. The van der Waals surface area contributed by atoms with Gasteiger partial charge in [0.05, 0.1) is 0 Å². The molecule has 0 amide bonds. The van der Waals surface area contributed by atoms with E-state index >= 15 is 0 Å². The summed E-state index contributed by atoms with van der Waals surface area (Å²) in [4.78, 5) is 20.8. The summed E-state index contributed by atoms with van der Waals surface area (Å²) >= 11 is 0. The number of carbonyl (C=O) groups is 1. The monoisotopic (exact) mass is 155 g/mol. The van der Waals surface area contributed by atoms with Crippen LogP contribution in [0.25, 0.3) is 0 Å². The van der Waals surface area contributed by atoms with E-state index in [2.05, 4.69) is 0 Å². The van der Waals surface area contributed by atoms with Crippen molar-refractivity contribution in [2.24, 2.45) is 0 Å². The molecule has 0 unspecified atom stereocenters. The SMILES string of the molecule is O=C(O)c1cc(=O)ccn1O. The van der Waals surface area contributed by atoms with Crippen molar-refractivity contribution in [3.05, 3.63) is 34.2 Å². The molecule has 0 atom stereocenters. The molecule has 0 saturated heterocycles. The average molecular weight is 155 g/mol. The molecular weight excluding hydrogens is 150 g/mol. The largest absolute Gasteiger partial charge is 0.476 e.